The number of aliphatic hydroxyl groups is 2. The summed E-state index contributed by atoms with van der Waals surface area (Å²) in [5.41, 5.74) is 5.08. The van der Waals surface area contributed by atoms with Crippen LogP contribution < -0.4 is 11.1 Å². The number of hydrogen-bond acceptors (Lipinski definition) is 6. The molecule has 0 saturated carbocycles. The van der Waals surface area contributed by atoms with Gasteiger partial charge in [0.2, 0.25) is 5.96 Å². The van der Waals surface area contributed by atoms with E-state index in [9.17, 15) is 14.7 Å². The van der Waals surface area contributed by atoms with Crippen LogP contribution in [-0.4, -0.2) is 69.7 Å². The Bertz CT molecular complexity index is 416. The number of guanidine groups is 1. The number of carbonyl (C=O) groups is 2. The third kappa shape index (κ3) is 2.45. The number of amides is 4. The quantitative estimate of drug-likeness (QED) is 0.385. The van der Waals surface area contributed by atoms with E-state index in [2.05, 4.69) is 5.32 Å². The number of primary amides is 1. The highest BCUT2D eigenvalue weighted by atomic mass is 16.5. The topological polar surface area (TPSA) is 152 Å². The van der Waals surface area contributed by atoms with Gasteiger partial charge in [-0.2, -0.15) is 0 Å². The van der Waals surface area contributed by atoms with E-state index in [-0.39, 0.29) is 19.7 Å². The summed E-state index contributed by atoms with van der Waals surface area (Å²) >= 11 is 0. The molecule has 10 heteroatoms. The Morgan fingerprint density at radius 2 is 2.32 bits per heavy atom. The number of nitrogens with two attached hydrogens (primary N) is 1. The van der Waals surface area contributed by atoms with Gasteiger partial charge < -0.3 is 20.7 Å². The van der Waals surface area contributed by atoms with Crippen LogP contribution >= 0.6 is 0 Å². The molecule has 2 heterocycles. The fourth-order valence-corrected chi connectivity index (χ4v) is 2.00. The maximum atomic E-state index is 11.7. The maximum absolute atomic E-state index is 11.7. The molecule has 4 amide bonds. The van der Waals surface area contributed by atoms with Crippen molar-refractivity contribution in [1.82, 2.24) is 15.1 Å². The van der Waals surface area contributed by atoms with E-state index in [1.165, 1.54) is 0 Å². The number of hydrogen-bond donors (Lipinski definition) is 5. The average Bonchev–Trinajstić information content (AvgIpc) is 2.69. The summed E-state index contributed by atoms with van der Waals surface area (Å²) in [5.74, 6) is -0.411. The first-order valence-corrected chi connectivity index (χ1v) is 5.61. The van der Waals surface area contributed by atoms with E-state index in [4.69, 9.17) is 21.0 Å². The molecule has 0 aliphatic carbocycles. The number of ether oxygens (including phenoxy) is 1. The zero-order chi connectivity index (χ0) is 14.2. The van der Waals surface area contributed by atoms with E-state index in [0.717, 1.165) is 9.80 Å². The number of rotatable bonds is 2. The van der Waals surface area contributed by atoms with Crippen LogP contribution in [0.1, 0.15) is 6.42 Å². The lowest BCUT2D eigenvalue weighted by molar-refractivity contribution is -0.0707. The highest BCUT2D eigenvalue weighted by Gasteiger charge is 2.42. The van der Waals surface area contributed by atoms with Gasteiger partial charge in [-0.3, -0.25) is 15.6 Å². The Hall–Kier alpha value is -1.91. The van der Waals surface area contributed by atoms with Crippen molar-refractivity contribution < 1.29 is 24.5 Å². The molecule has 2 aliphatic heterocycles. The monoisotopic (exact) mass is 273 g/mol. The van der Waals surface area contributed by atoms with E-state index in [0.29, 0.717) is 0 Å². The van der Waals surface area contributed by atoms with Crippen LogP contribution in [0.5, 0.6) is 0 Å². The van der Waals surface area contributed by atoms with Crippen LogP contribution in [0.3, 0.4) is 0 Å². The van der Waals surface area contributed by atoms with Crippen molar-refractivity contribution in [3.8, 4) is 0 Å². The summed E-state index contributed by atoms with van der Waals surface area (Å²) in [5, 5.41) is 28.2. The molecular weight excluding hydrogens is 258 g/mol. The standard InChI is InChI=1S/C9H15N5O5/c10-7-12-9(18)13(3-14(7)8(11)17)6-1-4(16)5(2-15)19-6/h4-6,15-16H,1-3H2,(H2,11,17)(H2,10,12,18). The largest absolute Gasteiger partial charge is 0.394 e. The van der Waals surface area contributed by atoms with Crippen molar-refractivity contribution in [2.45, 2.75) is 24.9 Å². The molecule has 6 N–H and O–H groups in total. The molecule has 3 unspecified atom stereocenters. The third-order valence-electron chi connectivity index (χ3n) is 3.05. The van der Waals surface area contributed by atoms with Crippen molar-refractivity contribution in [3.63, 3.8) is 0 Å². The number of carbonyl (C=O) groups excluding carboxylic acids is 2. The predicted molar refractivity (Wildman–Crippen MR) is 60.8 cm³/mol. The van der Waals surface area contributed by atoms with Gasteiger partial charge in [-0.25, -0.2) is 14.5 Å². The lowest BCUT2D eigenvalue weighted by atomic mass is 10.2. The van der Waals surface area contributed by atoms with Gasteiger partial charge in [0.15, 0.2) is 0 Å². The molecule has 0 radical (unpaired) electrons. The van der Waals surface area contributed by atoms with Gasteiger partial charge in [-0.1, -0.05) is 0 Å². The molecule has 0 aromatic rings. The van der Waals surface area contributed by atoms with E-state index < -0.39 is 36.5 Å². The Balaban J connectivity index is 2.09. The SMILES string of the molecule is N=C1NC(=O)N(C2CC(O)C(CO)O2)CN1C(N)=O. The Kier molecular flexibility index (Phi) is 3.55. The van der Waals surface area contributed by atoms with Gasteiger partial charge in [0.1, 0.15) is 19.0 Å². The average molecular weight is 273 g/mol. The molecule has 106 valence electrons. The molecule has 2 aliphatic rings. The Morgan fingerprint density at radius 3 is 2.84 bits per heavy atom. The second-order valence-electron chi connectivity index (χ2n) is 4.27. The third-order valence-corrected chi connectivity index (χ3v) is 3.05. The second-order valence-corrected chi connectivity index (χ2v) is 4.27. The van der Waals surface area contributed by atoms with Crippen molar-refractivity contribution in [1.29, 1.82) is 5.41 Å². The lowest BCUT2D eigenvalue weighted by Gasteiger charge is -2.37. The number of nitrogens with zero attached hydrogens (tertiary/aromatic N) is 2. The molecule has 2 saturated heterocycles. The van der Waals surface area contributed by atoms with Gasteiger partial charge in [0.25, 0.3) is 0 Å². The van der Waals surface area contributed by atoms with Crippen LogP contribution in [0.25, 0.3) is 0 Å². The van der Waals surface area contributed by atoms with Gasteiger partial charge in [0.05, 0.1) is 12.7 Å². The minimum absolute atomic E-state index is 0.110. The van der Waals surface area contributed by atoms with Crippen LogP contribution in [-0.2, 0) is 4.74 Å². The summed E-state index contributed by atoms with van der Waals surface area (Å²) in [6.07, 6.45) is -2.35. The summed E-state index contributed by atoms with van der Waals surface area (Å²) in [6, 6.07) is -1.51. The highest BCUT2D eigenvalue weighted by molar-refractivity contribution is 6.04. The highest BCUT2D eigenvalue weighted by Crippen LogP contribution is 2.24. The van der Waals surface area contributed by atoms with Crippen molar-refractivity contribution in [2.24, 2.45) is 5.73 Å². The fourth-order valence-electron chi connectivity index (χ4n) is 2.00. The maximum Gasteiger partial charge on any atom is 0.327 e. The summed E-state index contributed by atoms with van der Waals surface area (Å²) in [7, 11) is 0. The normalized spacial score (nSPS) is 31.6. The molecular formula is C9H15N5O5. The second kappa shape index (κ2) is 4.99. The molecule has 10 nitrogen and oxygen atoms in total. The minimum atomic E-state index is -0.897. The number of urea groups is 2. The van der Waals surface area contributed by atoms with Gasteiger partial charge in [-0.05, 0) is 0 Å². The van der Waals surface area contributed by atoms with E-state index >= 15 is 0 Å². The molecule has 0 aromatic carbocycles. The fraction of sp³-hybridized carbons (Fsp3) is 0.667. The molecule has 0 spiro atoms. The molecule has 19 heavy (non-hydrogen) atoms. The first-order chi connectivity index (χ1) is 8.93. The van der Waals surface area contributed by atoms with Gasteiger partial charge in [-0.15, -0.1) is 0 Å². The van der Waals surface area contributed by atoms with E-state index in [1.807, 2.05) is 0 Å². The van der Waals surface area contributed by atoms with E-state index in [1.54, 1.807) is 0 Å². The Morgan fingerprint density at radius 1 is 1.63 bits per heavy atom. The Labute approximate surface area is 108 Å². The summed E-state index contributed by atoms with van der Waals surface area (Å²) in [4.78, 5) is 24.8. The molecule has 0 bridgehead atoms. The van der Waals surface area contributed by atoms with Crippen LogP contribution in [0, 0.1) is 5.41 Å². The first-order valence-electron chi connectivity index (χ1n) is 5.61. The summed E-state index contributed by atoms with van der Waals surface area (Å²) in [6.45, 7) is -0.613. The van der Waals surface area contributed by atoms with Crippen LogP contribution in [0.15, 0.2) is 0 Å². The smallest absolute Gasteiger partial charge is 0.327 e. The van der Waals surface area contributed by atoms with Crippen LogP contribution in [0.2, 0.25) is 0 Å². The van der Waals surface area contributed by atoms with Crippen LogP contribution in [0.4, 0.5) is 9.59 Å². The lowest BCUT2D eigenvalue weighted by Crippen LogP contribution is -2.64. The van der Waals surface area contributed by atoms with Crippen molar-refractivity contribution >= 4 is 18.0 Å². The molecule has 3 atom stereocenters. The molecule has 2 rings (SSSR count). The molecule has 2 fully saturated rings. The van der Waals surface area contributed by atoms with Gasteiger partial charge in [0, 0.05) is 6.42 Å². The molecule has 0 aromatic heterocycles. The number of nitrogens with one attached hydrogen (secondary N) is 2. The zero-order valence-corrected chi connectivity index (χ0v) is 9.94. The van der Waals surface area contributed by atoms with Crippen molar-refractivity contribution in [2.75, 3.05) is 13.3 Å². The van der Waals surface area contributed by atoms with Crippen molar-refractivity contribution in [3.05, 3.63) is 0 Å². The first kappa shape index (κ1) is 13.5. The van der Waals surface area contributed by atoms with Gasteiger partial charge >= 0.3 is 12.1 Å². The number of aliphatic hydroxyl groups excluding tert-OH is 2. The zero-order valence-electron chi connectivity index (χ0n) is 9.94. The minimum Gasteiger partial charge on any atom is -0.394 e. The summed E-state index contributed by atoms with van der Waals surface area (Å²) < 4.78 is 5.31. The predicted octanol–water partition coefficient (Wildman–Crippen LogP) is -2.25.